The summed E-state index contributed by atoms with van der Waals surface area (Å²) >= 11 is 6.63. The van der Waals surface area contributed by atoms with Crippen LogP contribution in [0.15, 0.2) is 34.0 Å². The quantitative estimate of drug-likeness (QED) is 0.503. The number of thioether (sulfide) groups is 1. The number of halogens is 1. The summed E-state index contributed by atoms with van der Waals surface area (Å²) in [4.78, 5) is 30.0. The van der Waals surface area contributed by atoms with Gasteiger partial charge < -0.3 is 4.90 Å². The lowest BCUT2D eigenvalue weighted by molar-refractivity contribution is -0.122. The second kappa shape index (κ2) is 8.88. The average molecular weight is 469 g/mol. The highest BCUT2D eigenvalue weighted by Gasteiger charge is 2.33. The van der Waals surface area contributed by atoms with Gasteiger partial charge in [0.25, 0.3) is 11.5 Å². The molecular weight excluding hydrogens is 447 g/mol. The summed E-state index contributed by atoms with van der Waals surface area (Å²) in [6.45, 7) is 3.61. The van der Waals surface area contributed by atoms with Crippen molar-refractivity contribution in [3.8, 4) is 6.07 Å². The van der Waals surface area contributed by atoms with Gasteiger partial charge in [-0.2, -0.15) is 5.26 Å². The standard InChI is InChI=1S/C23H21FN4O2S2/c1-14-17(20(27-9-3-4-10-27)26(2)21(29)18(14)12-25)11-19-22(30)28(23(31)32-19)13-15-5-7-16(24)8-6-15/h5-8,11H,3-4,9-10,13H2,1-2H3. The summed E-state index contributed by atoms with van der Waals surface area (Å²) in [7, 11) is 1.66. The highest BCUT2D eigenvalue weighted by atomic mass is 32.2. The zero-order chi connectivity index (χ0) is 23.0. The summed E-state index contributed by atoms with van der Waals surface area (Å²) < 4.78 is 15.1. The fourth-order valence-corrected chi connectivity index (χ4v) is 5.30. The summed E-state index contributed by atoms with van der Waals surface area (Å²) in [5.41, 5.74) is 1.75. The highest BCUT2D eigenvalue weighted by molar-refractivity contribution is 8.26. The predicted octanol–water partition coefficient (Wildman–Crippen LogP) is 3.71. The van der Waals surface area contributed by atoms with E-state index in [0.29, 0.717) is 26.2 Å². The van der Waals surface area contributed by atoms with E-state index in [0.717, 1.165) is 31.5 Å². The molecular formula is C23H21FN4O2S2. The summed E-state index contributed by atoms with van der Waals surface area (Å²) in [6, 6.07) is 7.96. The fraction of sp³-hybridized carbons (Fsp3) is 0.304. The van der Waals surface area contributed by atoms with Crippen molar-refractivity contribution in [3.63, 3.8) is 0 Å². The molecule has 1 aromatic heterocycles. The molecule has 0 N–H and O–H groups in total. The molecule has 0 saturated carbocycles. The van der Waals surface area contributed by atoms with E-state index in [2.05, 4.69) is 4.90 Å². The summed E-state index contributed by atoms with van der Waals surface area (Å²) in [5.74, 6) is 0.128. The van der Waals surface area contributed by atoms with Crippen LogP contribution in [0.3, 0.4) is 0 Å². The number of nitrogens with zero attached hydrogens (tertiary/aromatic N) is 4. The zero-order valence-corrected chi connectivity index (χ0v) is 19.4. The SMILES string of the molecule is Cc1c(C=C2SC(=S)N(Cc3ccc(F)cc3)C2=O)c(N2CCCC2)n(C)c(=O)c1C#N. The third-order valence-electron chi connectivity index (χ3n) is 5.78. The van der Waals surface area contributed by atoms with Crippen LogP contribution >= 0.6 is 24.0 Å². The molecule has 0 unspecified atom stereocenters. The van der Waals surface area contributed by atoms with Gasteiger partial charge in [-0.3, -0.25) is 19.1 Å². The van der Waals surface area contributed by atoms with E-state index in [1.165, 1.54) is 33.4 Å². The molecule has 1 aromatic carbocycles. The van der Waals surface area contributed by atoms with Gasteiger partial charge in [0, 0.05) is 25.7 Å². The normalized spacial score (nSPS) is 17.5. The Bertz CT molecular complexity index is 1240. The number of aromatic nitrogens is 1. The van der Waals surface area contributed by atoms with Gasteiger partial charge in [0.2, 0.25) is 0 Å². The van der Waals surface area contributed by atoms with Crippen molar-refractivity contribution >= 4 is 46.1 Å². The third kappa shape index (κ3) is 3.96. The van der Waals surface area contributed by atoms with Gasteiger partial charge in [-0.15, -0.1) is 0 Å². The molecule has 1 amide bonds. The van der Waals surface area contributed by atoms with E-state index >= 15 is 0 Å². The van der Waals surface area contributed by atoms with Crippen LogP contribution in [-0.2, 0) is 18.4 Å². The molecule has 0 radical (unpaired) electrons. The molecule has 0 bridgehead atoms. The van der Waals surface area contributed by atoms with E-state index < -0.39 is 0 Å². The first-order valence-corrected chi connectivity index (χ1v) is 11.4. The molecule has 164 valence electrons. The van der Waals surface area contributed by atoms with Crippen molar-refractivity contribution in [2.24, 2.45) is 7.05 Å². The van der Waals surface area contributed by atoms with Crippen LogP contribution in [0.25, 0.3) is 6.08 Å². The number of hydrogen-bond donors (Lipinski definition) is 0. The molecule has 2 aliphatic rings. The van der Waals surface area contributed by atoms with Gasteiger partial charge in [-0.05, 0) is 49.1 Å². The maximum atomic E-state index is 13.2. The van der Waals surface area contributed by atoms with E-state index in [4.69, 9.17) is 12.2 Å². The Morgan fingerprint density at radius 1 is 1.22 bits per heavy atom. The Morgan fingerprint density at radius 3 is 2.50 bits per heavy atom. The predicted molar refractivity (Wildman–Crippen MR) is 128 cm³/mol. The number of rotatable bonds is 4. The van der Waals surface area contributed by atoms with Crippen molar-refractivity contribution in [3.05, 3.63) is 67.6 Å². The Morgan fingerprint density at radius 2 is 1.88 bits per heavy atom. The Hall–Kier alpha value is -2.96. The van der Waals surface area contributed by atoms with Gasteiger partial charge in [0.1, 0.15) is 27.6 Å². The number of pyridine rings is 1. The molecule has 3 heterocycles. The molecule has 2 saturated heterocycles. The molecule has 9 heteroatoms. The van der Waals surface area contributed by atoms with Crippen LogP contribution in [0.5, 0.6) is 0 Å². The number of hydrogen-bond acceptors (Lipinski definition) is 6. The number of carbonyl (C=O) groups excluding carboxylic acids is 1. The van der Waals surface area contributed by atoms with Crippen LogP contribution in [-0.4, -0.2) is 32.8 Å². The maximum absolute atomic E-state index is 13.2. The van der Waals surface area contributed by atoms with E-state index in [9.17, 15) is 19.2 Å². The van der Waals surface area contributed by atoms with E-state index in [-0.39, 0.29) is 29.4 Å². The van der Waals surface area contributed by atoms with Crippen molar-refractivity contribution in [1.29, 1.82) is 5.26 Å². The van der Waals surface area contributed by atoms with Gasteiger partial charge in [0.15, 0.2) is 0 Å². The minimum absolute atomic E-state index is 0.0727. The largest absolute Gasteiger partial charge is 0.357 e. The van der Waals surface area contributed by atoms with Gasteiger partial charge in [-0.25, -0.2) is 4.39 Å². The first-order valence-electron chi connectivity index (χ1n) is 10.2. The van der Waals surface area contributed by atoms with Crippen LogP contribution < -0.4 is 10.5 Å². The van der Waals surface area contributed by atoms with Crippen LogP contribution in [0.1, 0.15) is 35.1 Å². The average Bonchev–Trinajstić information content (AvgIpc) is 3.38. The fourth-order valence-electron chi connectivity index (χ4n) is 4.06. The van der Waals surface area contributed by atoms with Crippen LogP contribution in [0.2, 0.25) is 0 Å². The minimum Gasteiger partial charge on any atom is -0.357 e. The highest BCUT2D eigenvalue weighted by Crippen LogP contribution is 2.37. The Balaban J connectivity index is 1.76. The van der Waals surface area contributed by atoms with E-state index in [1.54, 1.807) is 32.2 Å². The van der Waals surface area contributed by atoms with Crippen LogP contribution in [0.4, 0.5) is 10.2 Å². The van der Waals surface area contributed by atoms with Gasteiger partial charge in [-0.1, -0.05) is 36.1 Å². The number of carbonyl (C=O) groups is 1. The second-order valence-electron chi connectivity index (χ2n) is 7.80. The summed E-state index contributed by atoms with van der Waals surface area (Å²) in [6.07, 6.45) is 3.78. The molecule has 6 nitrogen and oxygen atoms in total. The van der Waals surface area contributed by atoms with Crippen molar-refractivity contribution in [1.82, 2.24) is 9.47 Å². The molecule has 4 rings (SSSR count). The molecule has 2 aromatic rings. The van der Waals surface area contributed by atoms with Crippen LogP contribution in [0, 0.1) is 24.1 Å². The smallest absolute Gasteiger partial charge is 0.270 e. The minimum atomic E-state index is -0.341. The number of anilines is 1. The maximum Gasteiger partial charge on any atom is 0.270 e. The van der Waals surface area contributed by atoms with Crippen molar-refractivity contribution in [2.75, 3.05) is 18.0 Å². The second-order valence-corrected chi connectivity index (χ2v) is 9.48. The Labute approximate surface area is 194 Å². The summed E-state index contributed by atoms with van der Waals surface area (Å²) in [5, 5.41) is 9.56. The molecule has 2 aliphatic heterocycles. The molecule has 0 spiro atoms. The number of benzene rings is 1. The third-order valence-corrected chi connectivity index (χ3v) is 7.15. The number of amides is 1. The topological polar surface area (TPSA) is 69.3 Å². The first kappa shape index (κ1) is 22.2. The number of thiocarbonyl (C=S) groups is 1. The lowest BCUT2D eigenvalue weighted by Crippen LogP contribution is -2.31. The molecule has 0 aliphatic carbocycles. The molecule has 32 heavy (non-hydrogen) atoms. The monoisotopic (exact) mass is 468 g/mol. The first-order chi connectivity index (χ1) is 15.3. The lowest BCUT2D eigenvalue weighted by Gasteiger charge is -2.25. The Kier molecular flexibility index (Phi) is 6.17. The number of nitriles is 1. The zero-order valence-electron chi connectivity index (χ0n) is 17.7. The van der Waals surface area contributed by atoms with Crippen molar-refractivity contribution < 1.29 is 9.18 Å². The van der Waals surface area contributed by atoms with Gasteiger partial charge >= 0.3 is 0 Å². The van der Waals surface area contributed by atoms with E-state index in [1.807, 2.05) is 6.07 Å². The molecule has 2 fully saturated rings. The van der Waals surface area contributed by atoms with Gasteiger partial charge in [0.05, 0.1) is 11.4 Å². The van der Waals surface area contributed by atoms with Crippen molar-refractivity contribution in [2.45, 2.75) is 26.3 Å². The molecule has 0 atom stereocenters. The lowest BCUT2D eigenvalue weighted by atomic mass is 10.0.